The molecule has 1 atom stereocenters. The Kier molecular flexibility index (Phi) is 5.16. The highest BCUT2D eigenvalue weighted by atomic mass is 32.2. The van der Waals surface area contributed by atoms with E-state index in [1.807, 2.05) is 0 Å². The van der Waals surface area contributed by atoms with Gasteiger partial charge in [-0.1, -0.05) is 0 Å². The van der Waals surface area contributed by atoms with Crippen LogP contribution in [0.5, 0.6) is 11.5 Å². The summed E-state index contributed by atoms with van der Waals surface area (Å²) in [7, 11) is -3.63. The lowest BCUT2D eigenvalue weighted by Gasteiger charge is -2.34. The van der Waals surface area contributed by atoms with E-state index in [-0.39, 0.29) is 36.4 Å². The van der Waals surface area contributed by atoms with Crippen molar-refractivity contribution in [1.29, 1.82) is 0 Å². The molecule has 0 spiro atoms. The number of benzene rings is 1. The van der Waals surface area contributed by atoms with Gasteiger partial charge in [0.15, 0.2) is 11.5 Å². The topological polar surface area (TPSA) is 102 Å². The maximum atomic E-state index is 12.8. The van der Waals surface area contributed by atoms with Crippen molar-refractivity contribution in [3.63, 3.8) is 0 Å². The van der Waals surface area contributed by atoms with E-state index in [0.717, 1.165) is 0 Å². The van der Waals surface area contributed by atoms with E-state index in [1.165, 1.54) is 16.4 Å². The van der Waals surface area contributed by atoms with E-state index in [0.29, 0.717) is 37.8 Å². The molecule has 1 unspecified atom stereocenters. The Hall–Kier alpha value is -1.84. The molecule has 1 aromatic rings. The molecule has 25 heavy (non-hydrogen) atoms. The number of fused-ring (bicyclic) bond motifs is 1. The smallest absolute Gasteiger partial charge is 0.243 e. The monoisotopic (exact) mass is 369 g/mol. The van der Waals surface area contributed by atoms with Gasteiger partial charge in [0.2, 0.25) is 15.9 Å². The van der Waals surface area contributed by atoms with Crippen molar-refractivity contribution in [3.05, 3.63) is 18.2 Å². The second-order valence-corrected chi connectivity index (χ2v) is 8.21. The lowest BCUT2D eigenvalue weighted by atomic mass is 10.2. The third-order valence-corrected chi connectivity index (χ3v) is 6.13. The molecule has 1 saturated heterocycles. The predicted molar refractivity (Wildman–Crippen MR) is 91.0 cm³/mol. The molecule has 0 aromatic heterocycles. The fourth-order valence-electron chi connectivity index (χ4n) is 2.92. The van der Waals surface area contributed by atoms with Gasteiger partial charge in [0, 0.05) is 44.7 Å². The van der Waals surface area contributed by atoms with Crippen molar-refractivity contribution >= 4 is 15.9 Å². The SMILES string of the molecule is CC(N)CC(=O)N1CCN(S(=O)(=O)c2ccc3c(c2)OCCO3)CC1. The number of rotatable bonds is 4. The average molecular weight is 369 g/mol. The van der Waals surface area contributed by atoms with Gasteiger partial charge in [-0.2, -0.15) is 4.31 Å². The number of carbonyl (C=O) groups is 1. The van der Waals surface area contributed by atoms with Crippen LogP contribution in [0.15, 0.2) is 23.1 Å². The number of piperazine rings is 1. The van der Waals surface area contributed by atoms with Gasteiger partial charge < -0.3 is 20.1 Å². The largest absolute Gasteiger partial charge is 0.486 e. The summed E-state index contributed by atoms with van der Waals surface area (Å²) in [5, 5.41) is 0. The predicted octanol–water partition coefficient (Wildman–Crippen LogP) is 0.0280. The van der Waals surface area contributed by atoms with E-state index in [4.69, 9.17) is 15.2 Å². The number of amides is 1. The summed E-state index contributed by atoms with van der Waals surface area (Å²) < 4.78 is 37.9. The van der Waals surface area contributed by atoms with Crippen molar-refractivity contribution in [2.24, 2.45) is 5.73 Å². The van der Waals surface area contributed by atoms with Crippen LogP contribution in [-0.4, -0.2) is 69.0 Å². The third kappa shape index (κ3) is 3.88. The number of nitrogens with two attached hydrogens (primary N) is 1. The van der Waals surface area contributed by atoms with Gasteiger partial charge in [-0.3, -0.25) is 4.79 Å². The molecule has 1 amide bonds. The van der Waals surface area contributed by atoms with E-state index < -0.39 is 10.0 Å². The highest BCUT2D eigenvalue weighted by Crippen LogP contribution is 2.33. The van der Waals surface area contributed by atoms with E-state index in [9.17, 15) is 13.2 Å². The summed E-state index contributed by atoms with van der Waals surface area (Å²) in [4.78, 5) is 13.9. The first-order valence-corrected chi connectivity index (χ1v) is 9.75. The quantitative estimate of drug-likeness (QED) is 0.803. The summed E-state index contributed by atoms with van der Waals surface area (Å²) in [5.74, 6) is 0.959. The number of hydrogen-bond donors (Lipinski definition) is 1. The molecule has 3 rings (SSSR count). The summed E-state index contributed by atoms with van der Waals surface area (Å²) in [5.41, 5.74) is 5.65. The first-order chi connectivity index (χ1) is 11.9. The summed E-state index contributed by atoms with van der Waals surface area (Å²) in [6.45, 7) is 3.90. The molecule has 1 fully saturated rings. The van der Waals surface area contributed by atoms with E-state index >= 15 is 0 Å². The number of sulfonamides is 1. The van der Waals surface area contributed by atoms with Crippen molar-refractivity contribution in [1.82, 2.24) is 9.21 Å². The molecular formula is C16H23N3O5S. The van der Waals surface area contributed by atoms with Crippen LogP contribution in [0.25, 0.3) is 0 Å². The Morgan fingerprint density at radius 2 is 1.80 bits per heavy atom. The minimum Gasteiger partial charge on any atom is -0.486 e. The Labute approximate surface area is 147 Å². The van der Waals surface area contributed by atoms with Gasteiger partial charge in [0.05, 0.1) is 4.90 Å². The van der Waals surface area contributed by atoms with Gasteiger partial charge in [0.25, 0.3) is 0 Å². The number of hydrogen-bond acceptors (Lipinski definition) is 6. The molecule has 9 heteroatoms. The molecule has 2 N–H and O–H groups in total. The summed E-state index contributed by atoms with van der Waals surface area (Å²) in [6, 6.07) is 4.43. The first kappa shape index (κ1) is 18.0. The molecule has 0 radical (unpaired) electrons. The molecule has 0 saturated carbocycles. The van der Waals surface area contributed by atoms with Gasteiger partial charge in [-0.25, -0.2) is 8.42 Å². The molecule has 0 aliphatic carbocycles. The standard InChI is InChI=1S/C16H23N3O5S/c1-12(17)10-16(20)18-4-6-19(7-5-18)25(21,22)13-2-3-14-15(11-13)24-9-8-23-14/h2-3,11-12H,4-10,17H2,1H3. The maximum absolute atomic E-state index is 12.8. The second kappa shape index (κ2) is 7.19. The summed E-state index contributed by atoms with van der Waals surface area (Å²) in [6.07, 6.45) is 0.273. The van der Waals surface area contributed by atoms with Gasteiger partial charge >= 0.3 is 0 Å². The number of nitrogens with zero attached hydrogens (tertiary/aromatic N) is 2. The van der Waals surface area contributed by atoms with Gasteiger partial charge in [-0.15, -0.1) is 0 Å². The van der Waals surface area contributed by atoms with Gasteiger partial charge in [0.1, 0.15) is 13.2 Å². The van der Waals surface area contributed by atoms with Crippen molar-refractivity contribution in [3.8, 4) is 11.5 Å². The molecule has 138 valence electrons. The normalized spacial score (nSPS) is 19.5. The van der Waals surface area contributed by atoms with E-state index in [1.54, 1.807) is 17.9 Å². The number of carbonyl (C=O) groups excluding carboxylic acids is 1. The first-order valence-electron chi connectivity index (χ1n) is 8.31. The zero-order valence-electron chi connectivity index (χ0n) is 14.2. The zero-order valence-corrected chi connectivity index (χ0v) is 15.0. The molecule has 2 heterocycles. The van der Waals surface area contributed by atoms with E-state index in [2.05, 4.69) is 0 Å². The van der Waals surface area contributed by atoms with Crippen LogP contribution < -0.4 is 15.2 Å². The molecule has 8 nitrogen and oxygen atoms in total. The molecule has 2 aliphatic heterocycles. The number of ether oxygens (including phenoxy) is 2. The second-order valence-electron chi connectivity index (χ2n) is 6.27. The Bertz CT molecular complexity index is 742. The molecule has 2 aliphatic rings. The van der Waals surface area contributed by atoms with Crippen LogP contribution in [-0.2, 0) is 14.8 Å². The highest BCUT2D eigenvalue weighted by molar-refractivity contribution is 7.89. The lowest BCUT2D eigenvalue weighted by Crippen LogP contribution is -2.51. The minimum atomic E-state index is -3.63. The fourth-order valence-corrected chi connectivity index (χ4v) is 4.35. The minimum absolute atomic E-state index is 0.0358. The van der Waals surface area contributed by atoms with Crippen LogP contribution in [0, 0.1) is 0 Å². The highest BCUT2D eigenvalue weighted by Gasteiger charge is 2.31. The molecule has 0 bridgehead atoms. The van der Waals surface area contributed by atoms with Crippen LogP contribution in [0.2, 0.25) is 0 Å². The Morgan fingerprint density at radius 1 is 1.16 bits per heavy atom. The van der Waals surface area contributed by atoms with Crippen molar-refractivity contribution < 1.29 is 22.7 Å². The van der Waals surface area contributed by atoms with Crippen LogP contribution in [0.3, 0.4) is 0 Å². The molecule has 1 aromatic carbocycles. The Balaban J connectivity index is 1.69. The van der Waals surface area contributed by atoms with Crippen molar-refractivity contribution in [2.75, 3.05) is 39.4 Å². The lowest BCUT2D eigenvalue weighted by molar-refractivity contribution is -0.132. The van der Waals surface area contributed by atoms with Crippen molar-refractivity contribution in [2.45, 2.75) is 24.3 Å². The fraction of sp³-hybridized carbons (Fsp3) is 0.562. The molecular weight excluding hydrogens is 346 g/mol. The maximum Gasteiger partial charge on any atom is 0.243 e. The van der Waals surface area contributed by atoms with Crippen LogP contribution in [0.4, 0.5) is 0 Å². The van der Waals surface area contributed by atoms with Crippen LogP contribution in [0.1, 0.15) is 13.3 Å². The Morgan fingerprint density at radius 3 is 2.44 bits per heavy atom. The average Bonchev–Trinajstić information content (AvgIpc) is 2.61. The van der Waals surface area contributed by atoms with Crippen LogP contribution >= 0.6 is 0 Å². The summed E-state index contributed by atoms with van der Waals surface area (Å²) >= 11 is 0. The van der Waals surface area contributed by atoms with Gasteiger partial charge in [-0.05, 0) is 19.1 Å². The zero-order chi connectivity index (χ0) is 18.0. The third-order valence-electron chi connectivity index (χ3n) is 4.24.